The van der Waals surface area contributed by atoms with Gasteiger partial charge in [0.1, 0.15) is 11.6 Å². The molecule has 0 aliphatic carbocycles. The fourth-order valence-electron chi connectivity index (χ4n) is 3.81. The van der Waals surface area contributed by atoms with Gasteiger partial charge >= 0.3 is 0 Å². The van der Waals surface area contributed by atoms with Crippen LogP contribution in [0, 0.1) is 11.6 Å². The Labute approximate surface area is 197 Å². The van der Waals surface area contributed by atoms with Crippen molar-refractivity contribution in [2.24, 2.45) is 0 Å². The van der Waals surface area contributed by atoms with E-state index in [-0.39, 0.29) is 24.0 Å². The summed E-state index contributed by atoms with van der Waals surface area (Å²) in [4.78, 5) is 11.1. The number of methoxy groups -OCH3 is 3. The van der Waals surface area contributed by atoms with Crippen molar-refractivity contribution < 1.29 is 23.0 Å². The molecular weight excluding hydrogens is 454 g/mol. The summed E-state index contributed by atoms with van der Waals surface area (Å²) in [6.07, 6.45) is 2.46. The predicted molar refractivity (Wildman–Crippen MR) is 123 cm³/mol. The molecule has 0 saturated carbocycles. The number of ether oxygens (including phenoxy) is 3. The van der Waals surface area contributed by atoms with E-state index in [1.54, 1.807) is 27.5 Å². The van der Waals surface area contributed by atoms with E-state index in [2.05, 4.69) is 20.2 Å². The monoisotopic (exact) mass is 478 g/mol. The Morgan fingerprint density at radius 1 is 1.03 bits per heavy atom. The van der Waals surface area contributed by atoms with Crippen LogP contribution in [0.4, 0.5) is 20.4 Å². The highest BCUT2D eigenvalue weighted by molar-refractivity contribution is 5.85. The van der Waals surface area contributed by atoms with Crippen molar-refractivity contribution in [1.82, 2.24) is 14.9 Å². The molecule has 2 heterocycles. The van der Waals surface area contributed by atoms with Gasteiger partial charge in [0.05, 0.1) is 32.7 Å². The van der Waals surface area contributed by atoms with Gasteiger partial charge in [-0.05, 0) is 18.2 Å². The Kier molecular flexibility index (Phi) is 7.88. The van der Waals surface area contributed by atoms with Crippen molar-refractivity contribution in [3.8, 4) is 17.2 Å². The van der Waals surface area contributed by atoms with Crippen molar-refractivity contribution in [2.75, 3.05) is 33.2 Å². The molecule has 0 unspecified atom stereocenters. The average molecular weight is 479 g/mol. The van der Waals surface area contributed by atoms with Crippen molar-refractivity contribution in [2.45, 2.75) is 19.5 Å². The second kappa shape index (κ2) is 10.6. The van der Waals surface area contributed by atoms with Crippen LogP contribution in [0.2, 0.25) is 0 Å². The highest BCUT2D eigenvalue weighted by Gasteiger charge is 2.22. The van der Waals surface area contributed by atoms with Crippen molar-refractivity contribution in [3.63, 3.8) is 0 Å². The Morgan fingerprint density at radius 2 is 1.82 bits per heavy atom. The molecule has 10 heteroatoms. The number of benzene rings is 2. The topological polar surface area (TPSA) is 68.7 Å². The van der Waals surface area contributed by atoms with Gasteiger partial charge in [-0.3, -0.25) is 4.90 Å². The molecule has 4 rings (SSSR count). The lowest BCUT2D eigenvalue weighted by atomic mass is 10.1. The number of nitrogens with zero attached hydrogens (tertiary/aromatic N) is 3. The second-order valence-corrected chi connectivity index (χ2v) is 7.37. The molecule has 0 fully saturated rings. The highest BCUT2D eigenvalue weighted by atomic mass is 35.5. The van der Waals surface area contributed by atoms with Gasteiger partial charge in [0.25, 0.3) is 0 Å². The van der Waals surface area contributed by atoms with Crippen LogP contribution in [-0.4, -0.2) is 42.7 Å². The summed E-state index contributed by atoms with van der Waals surface area (Å²) in [5, 5.41) is 2.82. The Balaban J connectivity index is 0.00000306. The molecule has 2 aromatic carbocycles. The Hall–Kier alpha value is -3.17. The van der Waals surface area contributed by atoms with Gasteiger partial charge in [0.2, 0.25) is 11.7 Å². The first-order valence-electron chi connectivity index (χ1n) is 10.1. The number of nitrogens with one attached hydrogen (secondary N) is 1. The molecule has 1 aromatic heterocycles. The Morgan fingerprint density at radius 3 is 2.52 bits per heavy atom. The molecule has 33 heavy (non-hydrogen) atoms. The van der Waals surface area contributed by atoms with Gasteiger partial charge in [0, 0.05) is 49.4 Å². The van der Waals surface area contributed by atoms with Gasteiger partial charge in [0.15, 0.2) is 11.5 Å². The van der Waals surface area contributed by atoms with Gasteiger partial charge in [-0.15, -0.1) is 12.4 Å². The van der Waals surface area contributed by atoms with E-state index in [4.69, 9.17) is 14.2 Å². The number of halogens is 3. The zero-order chi connectivity index (χ0) is 22.7. The number of hydrogen-bond donors (Lipinski definition) is 1. The number of rotatable bonds is 7. The lowest BCUT2D eigenvalue weighted by molar-refractivity contribution is 0.237. The van der Waals surface area contributed by atoms with Crippen LogP contribution in [0.15, 0.2) is 36.5 Å². The van der Waals surface area contributed by atoms with E-state index in [0.717, 1.165) is 29.4 Å². The van der Waals surface area contributed by atoms with Crippen LogP contribution < -0.4 is 19.5 Å². The van der Waals surface area contributed by atoms with E-state index >= 15 is 0 Å². The maximum Gasteiger partial charge on any atom is 0.227 e. The first-order chi connectivity index (χ1) is 15.5. The smallest absolute Gasteiger partial charge is 0.227 e. The van der Waals surface area contributed by atoms with E-state index in [9.17, 15) is 8.78 Å². The highest BCUT2D eigenvalue weighted by Crippen LogP contribution is 2.40. The quantitative estimate of drug-likeness (QED) is 0.536. The first-order valence-corrected chi connectivity index (χ1v) is 10.1. The third-order valence-corrected chi connectivity index (χ3v) is 5.37. The molecular formula is C23H25ClF2N4O3. The third-order valence-electron chi connectivity index (χ3n) is 5.37. The van der Waals surface area contributed by atoms with Gasteiger partial charge in [-0.25, -0.2) is 18.7 Å². The SMILES string of the molecule is COc1ccc(CN2CCc3nc(Nc4ccc(F)cc4F)ncc3C2)c(OC)c1OC.Cl. The standard InChI is InChI=1S/C23H24F2N4O3.ClH/c1-30-20-7-4-14(21(31-2)22(20)32-3)12-29-9-8-18-15(13-29)11-26-23(27-18)28-19-6-5-16(24)10-17(19)25;/h4-7,10-11H,8-9,12-13H2,1-3H3,(H,26,27,28);1H. The fraction of sp³-hybridized carbons (Fsp3) is 0.304. The van der Waals surface area contributed by atoms with Crippen LogP contribution in [0.5, 0.6) is 17.2 Å². The lowest BCUT2D eigenvalue weighted by Crippen LogP contribution is -2.31. The van der Waals surface area contributed by atoms with Crippen LogP contribution in [0.1, 0.15) is 16.8 Å². The molecule has 3 aromatic rings. The van der Waals surface area contributed by atoms with Crippen LogP contribution >= 0.6 is 12.4 Å². The zero-order valence-corrected chi connectivity index (χ0v) is 19.3. The summed E-state index contributed by atoms with van der Waals surface area (Å²) in [7, 11) is 4.78. The van der Waals surface area contributed by atoms with Crippen LogP contribution in [0.3, 0.4) is 0 Å². The maximum atomic E-state index is 13.9. The van der Waals surface area contributed by atoms with Crippen LogP contribution in [-0.2, 0) is 19.5 Å². The summed E-state index contributed by atoms with van der Waals surface area (Å²) in [6.45, 7) is 2.10. The average Bonchev–Trinajstić information content (AvgIpc) is 2.80. The minimum Gasteiger partial charge on any atom is -0.493 e. The van der Waals surface area contributed by atoms with Crippen molar-refractivity contribution in [3.05, 3.63) is 65.0 Å². The first kappa shape index (κ1) is 24.5. The normalized spacial score (nSPS) is 13.0. The summed E-state index contributed by atoms with van der Waals surface area (Å²) < 4.78 is 43.4. The van der Waals surface area contributed by atoms with E-state index in [0.29, 0.717) is 36.8 Å². The van der Waals surface area contributed by atoms with Crippen molar-refractivity contribution in [1.29, 1.82) is 0 Å². The van der Waals surface area contributed by atoms with Gasteiger partial charge < -0.3 is 19.5 Å². The molecule has 176 valence electrons. The number of hydrogen-bond acceptors (Lipinski definition) is 7. The summed E-state index contributed by atoms with van der Waals surface area (Å²) in [5.41, 5.74) is 3.02. The number of aromatic nitrogens is 2. The molecule has 0 saturated heterocycles. The minimum absolute atomic E-state index is 0. The van der Waals surface area contributed by atoms with E-state index in [1.165, 1.54) is 12.1 Å². The van der Waals surface area contributed by atoms with E-state index in [1.807, 2.05) is 12.1 Å². The fourth-order valence-corrected chi connectivity index (χ4v) is 3.81. The largest absolute Gasteiger partial charge is 0.493 e. The molecule has 1 aliphatic heterocycles. The molecule has 0 atom stereocenters. The molecule has 1 aliphatic rings. The Bertz CT molecular complexity index is 1130. The molecule has 0 radical (unpaired) electrons. The molecule has 7 nitrogen and oxygen atoms in total. The number of fused-ring (bicyclic) bond motifs is 1. The van der Waals surface area contributed by atoms with Crippen molar-refractivity contribution >= 4 is 24.0 Å². The summed E-state index contributed by atoms with van der Waals surface area (Å²) in [5.74, 6) is 0.783. The number of anilines is 2. The lowest BCUT2D eigenvalue weighted by Gasteiger charge is -2.29. The zero-order valence-electron chi connectivity index (χ0n) is 18.5. The van der Waals surface area contributed by atoms with Gasteiger partial charge in [-0.1, -0.05) is 6.07 Å². The van der Waals surface area contributed by atoms with Crippen LogP contribution in [0.25, 0.3) is 0 Å². The predicted octanol–water partition coefficient (Wildman–Crippen LogP) is 4.50. The van der Waals surface area contributed by atoms with E-state index < -0.39 is 11.6 Å². The minimum atomic E-state index is -0.693. The molecule has 0 amide bonds. The maximum absolute atomic E-state index is 13.9. The molecule has 0 spiro atoms. The summed E-state index contributed by atoms with van der Waals surface area (Å²) in [6, 6.07) is 7.16. The third kappa shape index (κ3) is 5.26. The molecule has 0 bridgehead atoms. The molecule has 1 N–H and O–H groups in total. The second-order valence-electron chi connectivity index (χ2n) is 7.37. The summed E-state index contributed by atoms with van der Waals surface area (Å²) >= 11 is 0. The van der Waals surface area contributed by atoms with Gasteiger partial charge in [-0.2, -0.15) is 0 Å².